The average Bonchev–Trinajstić information content (AvgIpc) is 2.43. The fraction of sp³-hybridized carbons (Fsp3) is 0.571. The molecule has 0 radical (unpaired) electrons. The number of thioether (sulfide) groups is 1. The zero-order valence-corrected chi connectivity index (χ0v) is 14.4. The smallest absolute Gasteiger partial charge is 0.240 e. The second-order valence-electron chi connectivity index (χ2n) is 5.19. The lowest BCUT2D eigenvalue weighted by Crippen LogP contribution is -2.29. The second kappa shape index (κ2) is 8.12. The highest BCUT2D eigenvalue weighted by Gasteiger charge is 2.17. The van der Waals surface area contributed by atoms with E-state index in [1.165, 1.54) is 18.2 Å². The summed E-state index contributed by atoms with van der Waals surface area (Å²) in [6, 6.07) is 4.08. The van der Waals surface area contributed by atoms with Gasteiger partial charge in [0.1, 0.15) is 5.82 Å². The molecule has 0 amide bonds. The van der Waals surface area contributed by atoms with Crippen LogP contribution in [0.3, 0.4) is 0 Å². The van der Waals surface area contributed by atoms with Crippen molar-refractivity contribution < 1.29 is 12.8 Å². The molecule has 4 nitrogen and oxygen atoms in total. The van der Waals surface area contributed by atoms with Crippen LogP contribution in [0.25, 0.3) is 0 Å². The highest BCUT2D eigenvalue weighted by atomic mass is 32.2. The molecule has 0 spiro atoms. The number of benzene rings is 1. The van der Waals surface area contributed by atoms with E-state index in [0.717, 1.165) is 0 Å². The minimum absolute atomic E-state index is 0.0951. The van der Waals surface area contributed by atoms with Crippen LogP contribution in [0.5, 0.6) is 0 Å². The summed E-state index contributed by atoms with van der Waals surface area (Å²) in [5.74, 6) is -0.403. The Morgan fingerprint density at radius 1 is 1.29 bits per heavy atom. The molecule has 0 aliphatic rings. The molecular formula is C14H23FN2O2S2. The minimum Gasteiger partial charge on any atom is -0.310 e. The lowest BCUT2D eigenvalue weighted by atomic mass is 10.2. The molecule has 1 unspecified atom stereocenters. The summed E-state index contributed by atoms with van der Waals surface area (Å²) in [5, 5.41) is 3.26. The Morgan fingerprint density at radius 2 is 1.95 bits per heavy atom. The van der Waals surface area contributed by atoms with Crippen molar-refractivity contribution in [3.63, 3.8) is 0 Å². The maximum Gasteiger partial charge on any atom is 0.240 e. The number of rotatable bonds is 8. The lowest BCUT2D eigenvalue weighted by molar-refractivity contribution is 0.550. The predicted molar refractivity (Wildman–Crippen MR) is 86.5 cm³/mol. The van der Waals surface area contributed by atoms with Gasteiger partial charge in [0.2, 0.25) is 10.0 Å². The Bertz CT molecular complexity index is 562. The van der Waals surface area contributed by atoms with Gasteiger partial charge in [-0.25, -0.2) is 17.5 Å². The first kappa shape index (κ1) is 18.4. The van der Waals surface area contributed by atoms with E-state index >= 15 is 0 Å². The fourth-order valence-corrected chi connectivity index (χ4v) is 3.10. The monoisotopic (exact) mass is 334 g/mol. The van der Waals surface area contributed by atoms with Gasteiger partial charge in [0.25, 0.3) is 0 Å². The van der Waals surface area contributed by atoms with Crippen molar-refractivity contribution >= 4 is 21.8 Å². The largest absolute Gasteiger partial charge is 0.310 e. The minimum atomic E-state index is -3.60. The third-order valence-corrected chi connectivity index (χ3v) is 5.38. The Kier molecular flexibility index (Phi) is 7.12. The quantitative estimate of drug-likeness (QED) is 0.766. The first-order valence-corrected chi connectivity index (χ1v) is 9.57. The van der Waals surface area contributed by atoms with Crippen LogP contribution in [-0.4, -0.2) is 32.5 Å². The van der Waals surface area contributed by atoms with Crippen molar-refractivity contribution in [1.29, 1.82) is 0 Å². The zero-order valence-electron chi connectivity index (χ0n) is 12.8. The molecule has 0 fully saturated rings. The van der Waals surface area contributed by atoms with E-state index in [1.807, 2.05) is 27.0 Å². The number of hydrogen-bond donors (Lipinski definition) is 2. The van der Waals surface area contributed by atoms with E-state index in [2.05, 4.69) is 10.0 Å². The summed E-state index contributed by atoms with van der Waals surface area (Å²) in [7, 11) is -3.60. The maximum atomic E-state index is 13.7. The number of sulfonamides is 1. The van der Waals surface area contributed by atoms with Crippen LogP contribution >= 0.6 is 11.8 Å². The van der Waals surface area contributed by atoms with E-state index in [9.17, 15) is 12.8 Å². The summed E-state index contributed by atoms with van der Waals surface area (Å²) in [4.78, 5) is 0.0951. The van der Waals surface area contributed by atoms with E-state index in [0.29, 0.717) is 18.7 Å². The first-order chi connectivity index (χ1) is 9.76. The van der Waals surface area contributed by atoms with Crippen molar-refractivity contribution in [2.75, 3.05) is 12.8 Å². The van der Waals surface area contributed by atoms with Gasteiger partial charge in [0.15, 0.2) is 0 Å². The van der Waals surface area contributed by atoms with Crippen LogP contribution < -0.4 is 10.0 Å². The standard InChI is InChI=1S/C14H23FN2O2S2/c1-10(2)16-9-12-7-13(5-6-14(12)15)21(18,19)17-8-11(3)20-4/h5-7,10-11,16-17H,8-9H2,1-4H3. The van der Waals surface area contributed by atoms with Crippen molar-refractivity contribution in [2.45, 2.75) is 43.5 Å². The van der Waals surface area contributed by atoms with E-state index in [4.69, 9.17) is 0 Å². The second-order valence-corrected chi connectivity index (χ2v) is 8.23. The Balaban J connectivity index is 2.89. The molecule has 0 saturated heterocycles. The maximum absolute atomic E-state index is 13.7. The lowest BCUT2D eigenvalue weighted by Gasteiger charge is -2.13. The molecule has 0 aromatic heterocycles. The molecule has 1 rings (SSSR count). The summed E-state index contributed by atoms with van der Waals surface area (Å²) in [5.41, 5.74) is 0.351. The Morgan fingerprint density at radius 3 is 2.52 bits per heavy atom. The van der Waals surface area contributed by atoms with E-state index < -0.39 is 15.8 Å². The van der Waals surface area contributed by atoms with Crippen LogP contribution in [0.2, 0.25) is 0 Å². The highest BCUT2D eigenvalue weighted by Crippen LogP contribution is 2.16. The number of hydrogen-bond acceptors (Lipinski definition) is 4. The molecule has 0 aliphatic carbocycles. The molecule has 1 aromatic carbocycles. The summed E-state index contributed by atoms with van der Waals surface area (Å²) in [6.45, 7) is 6.48. The topological polar surface area (TPSA) is 58.2 Å². The van der Waals surface area contributed by atoms with Crippen molar-refractivity contribution in [3.8, 4) is 0 Å². The Hall–Kier alpha value is -0.630. The van der Waals surface area contributed by atoms with Gasteiger partial charge in [0, 0.05) is 29.9 Å². The summed E-state index contributed by atoms with van der Waals surface area (Å²) < 4.78 is 40.6. The molecule has 21 heavy (non-hydrogen) atoms. The van der Waals surface area contributed by atoms with Gasteiger partial charge < -0.3 is 5.32 Å². The van der Waals surface area contributed by atoms with Gasteiger partial charge in [-0.05, 0) is 24.5 Å². The fourth-order valence-electron chi connectivity index (χ4n) is 1.56. The van der Waals surface area contributed by atoms with Crippen LogP contribution in [0.15, 0.2) is 23.1 Å². The first-order valence-electron chi connectivity index (χ1n) is 6.80. The number of nitrogens with one attached hydrogen (secondary N) is 2. The van der Waals surface area contributed by atoms with Crippen LogP contribution in [0, 0.1) is 5.82 Å². The van der Waals surface area contributed by atoms with Gasteiger partial charge >= 0.3 is 0 Å². The van der Waals surface area contributed by atoms with Crippen LogP contribution in [-0.2, 0) is 16.6 Å². The molecule has 0 heterocycles. The molecule has 7 heteroatoms. The molecular weight excluding hydrogens is 311 g/mol. The molecule has 1 atom stereocenters. The highest BCUT2D eigenvalue weighted by molar-refractivity contribution is 7.99. The van der Waals surface area contributed by atoms with Crippen LogP contribution in [0.4, 0.5) is 4.39 Å². The van der Waals surface area contributed by atoms with Gasteiger partial charge in [-0.15, -0.1) is 0 Å². The summed E-state index contributed by atoms with van der Waals surface area (Å²) in [6.07, 6.45) is 1.92. The number of halogens is 1. The Labute approximate surface area is 131 Å². The van der Waals surface area contributed by atoms with Crippen LogP contribution in [0.1, 0.15) is 26.3 Å². The van der Waals surface area contributed by atoms with Crippen molar-refractivity contribution in [1.82, 2.24) is 10.0 Å². The molecule has 0 aliphatic heterocycles. The molecule has 0 bridgehead atoms. The van der Waals surface area contributed by atoms with Gasteiger partial charge in [-0.3, -0.25) is 0 Å². The van der Waals surface area contributed by atoms with Gasteiger partial charge in [0.05, 0.1) is 4.90 Å². The predicted octanol–water partition coefficient (Wildman–Crippen LogP) is 2.35. The molecule has 120 valence electrons. The van der Waals surface area contributed by atoms with Crippen molar-refractivity contribution in [2.24, 2.45) is 0 Å². The average molecular weight is 334 g/mol. The van der Waals surface area contributed by atoms with Gasteiger partial charge in [-0.1, -0.05) is 20.8 Å². The normalized spacial score (nSPS) is 13.6. The molecule has 2 N–H and O–H groups in total. The van der Waals surface area contributed by atoms with Gasteiger partial charge in [-0.2, -0.15) is 11.8 Å². The zero-order chi connectivity index (χ0) is 16.0. The third kappa shape index (κ3) is 5.94. The SMILES string of the molecule is CSC(C)CNS(=O)(=O)c1ccc(F)c(CNC(C)C)c1. The third-order valence-electron chi connectivity index (χ3n) is 2.99. The van der Waals surface area contributed by atoms with Crippen molar-refractivity contribution in [3.05, 3.63) is 29.6 Å². The molecule has 0 saturated carbocycles. The summed E-state index contributed by atoms with van der Waals surface area (Å²) >= 11 is 1.58. The van der Waals surface area contributed by atoms with E-state index in [1.54, 1.807) is 11.8 Å². The van der Waals surface area contributed by atoms with E-state index in [-0.39, 0.29) is 16.2 Å². The molecule has 1 aromatic rings.